The molecule has 79 valence electrons. The minimum Gasteiger partial charge on any atom is -0.438 e. The first kappa shape index (κ1) is 16.6. The molecular formula is C9H16N2O2Y-2. The summed E-state index contributed by atoms with van der Waals surface area (Å²) < 4.78 is 0. The number of rotatable bonds is 1. The van der Waals surface area contributed by atoms with E-state index in [-0.39, 0.29) is 50.4 Å². The molecule has 2 N–H and O–H groups in total. The Hall–Kier alpha value is 0.204. The third-order valence-corrected chi connectivity index (χ3v) is 1.67. The van der Waals surface area contributed by atoms with E-state index in [9.17, 15) is 9.59 Å². The van der Waals surface area contributed by atoms with Crippen LogP contribution in [0.1, 0.15) is 19.8 Å². The van der Waals surface area contributed by atoms with Crippen LogP contribution in [-0.2, 0) is 42.3 Å². The maximum atomic E-state index is 10.8. The molecule has 1 aliphatic heterocycles. The number of likely N-dealkylation sites (tertiary alicyclic amines) is 1. The number of amides is 2. The van der Waals surface area contributed by atoms with Crippen molar-refractivity contribution in [2.75, 3.05) is 6.54 Å². The molecule has 1 unspecified atom stereocenters. The molecule has 0 saturated carbocycles. The Balaban J connectivity index is 0. The van der Waals surface area contributed by atoms with Crippen molar-refractivity contribution in [3.05, 3.63) is 14.0 Å². The third-order valence-electron chi connectivity index (χ3n) is 1.67. The van der Waals surface area contributed by atoms with Crippen molar-refractivity contribution in [2.45, 2.75) is 19.8 Å². The summed E-state index contributed by atoms with van der Waals surface area (Å²) in [6, 6.07) is 0. The van der Waals surface area contributed by atoms with E-state index in [2.05, 4.69) is 14.0 Å². The van der Waals surface area contributed by atoms with Gasteiger partial charge in [-0.25, -0.2) is 7.05 Å². The van der Waals surface area contributed by atoms with Gasteiger partial charge in [-0.1, -0.05) is 6.92 Å². The van der Waals surface area contributed by atoms with Gasteiger partial charge in [0.15, 0.2) is 5.91 Å². The summed E-state index contributed by atoms with van der Waals surface area (Å²) in [4.78, 5) is 22.3. The van der Waals surface area contributed by atoms with E-state index in [4.69, 9.17) is 5.73 Å². The van der Waals surface area contributed by atoms with Gasteiger partial charge >= 0.3 is 0 Å². The zero-order valence-electron chi connectivity index (χ0n) is 8.53. The van der Waals surface area contributed by atoms with E-state index in [1.54, 1.807) is 6.92 Å². The molecule has 1 heterocycles. The predicted molar refractivity (Wildman–Crippen MR) is 50.0 cm³/mol. The fraction of sp³-hybridized carbons (Fsp3) is 0.556. The average Bonchev–Trinajstić information content (AvgIpc) is 2.34. The Labute approximate surface area is 110 Å². The van der Waals surface area contributed by atoms with Crippen molar-refractivity contribution in [3.8, 4) is 0 Å². The number of hydrogen-bond acceptors (Lipinski definition) is 3. The molecule has 0 aromatic heterocycles. The summed E-state index contributed by atoms with van der Waals surface area (Å²) in [6.45, 7) is 5.92. The minimum absolute atomic E-state index is 0. The van der Waals surface area contributed by atoms with Crippen LogP contribution in [0.3, 0.4) is 0 Å². The van der Waals surface area contributed by atoms with Crippen LogP contribution in [0.4, 0.5) is 0 Å². The molecule has 2 amide bonds. The van der Waals surface area contributed by atoms with Gasteiger partial charge in [0.2, 0.25) is 5.91 Å². The first-order valence-electron chi connectivity index (χ1n) is 4.21. The van der Waals surface area contributed by atoms with Crippen molar-refractivity contribution < 1.29 is 42.3 Å². The zero-order valence-corrected chi connectivity index (χ0v) is 11.4. The first-order chi connectivity index (χ1) is 6.04. The summed E-state index contributed by atoms with van der Waals surface area (Å²) >= 11 is 0. The molecule has 1 saturated heterocycles. The van der Waals surface area contributed by atoms with Crippen LogP contribution < -0.4 is 5.73 Å². The summed E-state index contributed by atoms with van der Waals surface area (Å²) in [5, 5.41) is 0. The standard InChI is InChI=1S/C6H8NO2.C3H8N.Y/c1-4-3-5(8)7(2)6(4)9;1-2-3-4;/h4H,2-3H2,1H3;1-4H2;/q2*-1;. The van der Waals surface area contributed by atoms with E-state index in [1.165, 1.54) is 0 Å². The van der Waals surface area contributed by atoms with Crippen LogP contribution in [-0.4, -0.2) is 23.3 Å². The van der Waals surface area contributed by atoms with E-state index in [0.717, 1.165) is 11.3 Å². The van der Waals surface area contributed by atoms with Crippen molar-refractivity contribution in [3.63, 3.8) is 0 Å². The number of carbonyl (C=O) groups excluding carboxylic acids is 2. The fourth-order valence-electron chi connectivity index (χ4n) is 0.848. The van der Waals surface area contributed by atoms with Gasteiger partial charge in [0.1, 0.15) is 0 Å². The maximum absolute atomic E-state index is 10.8. The number of carbonyl (C=O) groups is 2. The van der Waals surface area contributed by atoms with Crippen LogP contribution in [0, 0.1) is 19.9 Å². The topological polar surface area (TPSA) is 63.4 Å². The Morgan fingerprint density at radius 1 is 1.57 bits per heavy atom. The van der Waals surface area contributed by atoms with E-state index >= 15 is 0 Å². The molecule has 0 bridgehead atoms. The van der Waals surface area contributed by atoms with Crippen molar-refractivity contribution >= 4 is 11.8 Å². The SMILES string of the molecule is [CH2-]CCN.[CH2-]N1C(=O)CC(C)C1=O.[Y]. The largest absolute Gasteiger partial charge is 0.438 e. The van der Waals surface area contributed by atoms with Crippen LogP contribution >= 0.6 is 0 Å². The quantitative estimate of drug-likeness (QED) is 0.553. The molecule has 0 aromatic rings. The molecule has 1 radical (unpaired) electrons. The summed E-state index contributed by atoms with van der Waals surface area (Å²) in [6.07, 6.45) is 1.17. The second-order valence-corrected chi connectivity index (χ2v) is 2.91. The third kappa shape index (κ3) is 5.18. The van der Waals surface area contributed by atoms with Gasteiger partial charge < -0.3 is 17.6 Å². The zero-order chi connectivity index (χ0) is 10.4. The number of hydrogen-bond donors (Lipinski definition) is 1. The van der Waals surface area contributed by atoms with Crippen LogP contribution in [0.5, 0.6) is 0 Å². The van der Waals surface area contributed by atoms with Crippen molar-refractivity contribution in [1.82, 2.24) is 4.90 Å². The monoisotopic (exact) mass is 273 g/mol. The number of nitrogens with two attached hydrogens (primary N) is 1. The molecule has 14 heavy (non-hydrogen) atoms. The normalized spacial score (nSPS) is 20.0. The Morgan fingerprint density at radius 2 is 2.00 bits per heavy atom. The Bertz CT molecular complexity index is 195. The molecule has 1 aliphatic rings. The van der Waals surface area contributed by atoms with Crippen molar-refractivity contribution in [2.24, 2.45) is 11.7 Å². The van der Waals surface area contributed by atoms with E-state index < -0.39 is 0 Å². The van der Waals surface area contributed by atoms with E-state index in [1.807, 2.05) is 0 Å². The molecule has 0 aliphatic carbocycles. The van der Waals surface area contributed by atoms with Crippen LogP contribution in [0.15, 0.2) is 0 Å². The summed E-state index contributed by atoms with van der Waals surface area (Å²) in [5.41, 5.74) is 4.97. The molecule has 4 nitrogen and oxygen atoms in total. The second-order valence-electron chi connectivity index (χ2n) is 2.91. The number of imide groups is 1. The van der Waals surface area contributed by atoms with Gasteiger partial charge in [0, 0.05) is 45.0 Å². The van der Waals surface area contributed by atoms with Gasteiger partial charge in [-0.05, 0) is 6.54 Å². The number of nitrogens with zero attached hydrogens (tertiary/aromatic N) is 1. The van der Waals surface area contributed by atoms with Gasteiger partial charge in [-0.2, -0.15) is 6.42 Å². The van der Waals surface area contributed by atoms with Gasteiger partial charge in [0.05, 0.1) is 0 Å². The Morgan fingerprint density at radius 3 is 2.07 bits per heavy atom. The van der Waals surface area contributed by atoms with Gasteiger partial charge in [0.25, 0.3) is 0 Å². The molecule has 1 fully saturated rings. The summed E-state index contributed by atoms with van der Waals surface area (Å²) in [7, 11) is 3.28. The molecule has 1 atom stereocenters. The van der Waals surface area contributed by atoms with Gasteiger partial charge in [-0.3, -0.25) is 9.59 Å². The second kappa shape index (κ2) is 8.51. The Kier molecular flexibility index (Phi) is 10.1. The molecule has 0 aromatic carbocycles. The molecule has 1 rings (SSSR count). The van der Waals surface area contributed by atoms with E-state index in [0.29, 0.717) is 13.0 Å². The fourth-order valence-corrected chi connectivity index (χ4v) is 0.848. The molecule has 5 heteroatoms. The van der Waals surface area contributed by atoms with Crippen molar-refractivity contribution in [1.29, 1.82) is 0 Å². The molecule has 0 spiro atoms. The van der Waals surface area contributed by atoms with Crippen LogP contribution in [0.2, 0.25) is 0 Å². The van der Waals surface area contributed by atoms with Gasteiger partial charge in [-0.15, -0.1) is 0 Å². The molecular weight excluding hydrogens is 257 g/mol. The van der Waals surface area contributed by atoms with Crippen LogP contribution in [0.25, 0.3) is 0 Å². The first-order valence-corrected chi connectivity index (χ1v) is 4.21. The minimum atomic E-state index is -0.174. The summed E-state index contributed by atoms with van der Waals surface area (Å²) in [5.74, 6) is -0.498. The average molecular weight is 273 g/mol. The smallest absolute Gasteiger partial charge is 0.202 e. The predicted octanol–water partition coefficient (Wildman–Crippen LogP) is 0.340. The maximum Gasteiger partial charge on any atom is 0.202 e.